The zero-order valence-electron chi connectivity index (χ0n) is 8.08. The molecule has 1 rings (SSSR count). The van der Waals surface area contributed by atoms with Crippen LogP contribution in [0.3, 0.4) is 0 Å². The summed E-state index contributed by atoms with van der Waals surface area (Å²) in [5.74, 6) is 0. The van der Waals surface area contributed by atoms with Crippen molar-refractivity contribution in [2.45, 2.75) is 25.6 Å². The van der Waals surface area contributed by atoms with Gasteiger partial charge in [-0.2, -0.15) is 18.1 Å². The van der Waals surface area contributed by atoms with Gasteiger partial charge in [0, 0.05) is 0 Å². The molecule has 0 aliphatic heterocycles. The molecule has 0 saturated carbocycles. The number of halogens is 3. The normalized spacial score (nSPS) is 13.6. The van der Waals surface area contributed by atoms with E-state index in [4.69, 9.17) is 0 Å². The number of hydrogen-bond acceptors (Lipinski definition) is 2. The molecule has 0 aromatic heterocycles. The summed E-state index contributed by atoms with van der Waals surface area (Å²) in [6, 6.07) is 4.00. The molecule has 1 atom stereocenters. The third kappa shape index (κ3) is 2.78. The highest BCUT2D eigenvalue weighted by Gasteiger charge is 2.30. The second-order valence-electron chi connectivity index (χ2n) is 3.15. The lowest BCUT2D eigenvalue weighted by Gasteiger charge is -2.10. The van der Waals surface area contributed by atoms with Crippen LogP contribution >= 0.6 is 0 Å². The van der Waals surface area contributed by atoms with E-state index in [2.05, 4.69) is 5.18 Å². The van der Waals surface area contributed by atoms with E-state index in [1.807, 2.05) is 0 Å². The Hall–Kier alpha value is -1.39. The second kappa shape index (κ2) is 4.42. The predicted molar refractivity (Wildman–Crippen MR) is 50.3 cm³/mol. The van der Waals surface area contributed by atoms with Crippen LogP contribution in [0.25, 0.3) is 0 Å². The molecular weight excluding hydrogens is 207 g/mol. The molecule has 0 aliphatic rings. The Kier molecular flexibility index (Phi) is 3.44. The zero-order valence-corrected chi connectivity index (χ0v) is 8.08. The van der Waals surface area contributed by atoms with Crippen molar-refractivity contribution in [1.29, 1.82) is 0 Å². The summed E-state index contributed by atoms with van der Waals surface area (Å²) in [6.07, 6.45) is -3.98. The fourth-order valence-corrected chi connectivity index (χ4v) is 1.29. The highest BCUT2D eigenvalue weighted by Crippen LogP contribution is 2.31. The Labute approximate surface area is 85.1 Å². The molecule has 15 heavy (non-hydrogen) atoms. The summed E-state index contributed by atoms with van der Waals surface area (Å²) >= 11 is 0. The van der Waals surface area contributed by atoms with Crippen molar-refractivity contribution >= 4 is 0 Å². The van der Waals surface area contributed by atoms with Crippen LogP contribution < -0.4 is 0 Å². The van der Waals surface area contributed by atoms with Crippen LogP contribution in [0.4, 0.5) is 13.2 Å². The third-order valence-corrected chi connectivity index (χ3v) is 2.11. The summed E-state index contributed by atoms with van der Waals surface area (Å²) < 4.78 is 37.0. The summed E-state index contributed by atoms with van der Waals surface area (Å²) in [7, 11) is 0. The first kappa shape index (κ1) is 11.7. The van der Waals surface area contributed by atoms with E-state index >= 15 is 0 Å². The van der Waals surface area contributed by atoms with E-state index < -0.39 is 17.8 Å². The van der Waals surface area contributed by atoms with Gasteiger partial charge in [-0.3, -0.25) is 0 Å². The van der Waals surface area contributed by atoms with Gasteiger partial charge in [0.05, 0.1) is 5.56 Å². The fourth-order valence-electron chi connectivity index (χ4n) is 1.29. The highest BCUT2D eigenvalue weighted by molar-refractivity contribution is 5.27. The number of hydrogen-bond donors (Lipinski definition) is 0. The molecule has 5 heteroatoms. The van der Waals surface area contributed by atoms with Crippen molar-refractivity contribution in [2.24, 2.45) is 5.18 Å². The van der Waals surface area contributed by atoms with E-state index in [1.54, 1.807) is 6.92 Å². The van der Waals surface area contributed by atoms with Crippen LogP contribution in [0.15, 0.2) is 29.4 Å². The van der Waals surface area contributed by atoms with Crippen LogP contribution in [0.5, 0.6) is 0 Å². The van der Waals surface area contributed by atoms with Crippen molar-refractivity contribution < 1.29 is 13.2 Å². The SMILES string of the molecule is CCC(N=O)c1cccc(C(F)(F)F)c1. The zero-order chi connectivity index (χ0) is 11.5. The lowest BCUT2D eigenvalue weighted by atomic mass is 10.0. The highest BCUT2D eigenvalue weighted by atomic mass is 19.4. The van der Waals surface area contributed by atoms with Gasteiger partial charge in [0.25, 0.3) is 0 Å². The monoisotopic (exact) mass is 217 g/mol. The minimum absolute atomic E-state index is 0.308. The molecule has 0 aliphatic carbocycles. The van der Waals surface area contributed by atoms with Gasteiger partial charge in [-0.1, -0.05) is 24.2 Å². The van der Waals surface area contributed by atoms with Crippen molar-refractivity contribution in [3.8, 4) is 0 Å². The molecule has 1 unspecified atom stereocenters. The average molecular weight is 217 g/mol. The topological polar surface area (TPSA) is 29.4 Å². The lowest BCUT2D eigenvalue weighted by molar-refractivity contribution is -0.137. The molecule has 0 spiro atoms. The molecule has 0 radical (unpaired) electrons. The molecule has 82 valence electrons. The number of nitroso groups, excluding NO2 is 1. The minimum Gasteiger partial charge on any atom is -0.166 e. The maximum absolute atomic E-state index is 12.3. The number of nitrogens with zero attached hydrogens (tertiary/aromatic N) is 1. The molecule has 0 N–H and O–H groups in total. The average Bonchev–Trinajstić information content (AvgIpc) is 2.19. The van der Waals surface area contributed by atoms with Crippen LogP contribution in [0, 0.1) is 4.91 Å². The van der Waals surface area contributed by atoms with E-state index in [0.717, 1.165) is 12.1 Å². The van der Waals surface area contributed by atoms with Gasteiger partial charge in [-0.15, -0.1) is 0 Å². The second-order valence-corrected chi connectivity index (χ2v) is 3.15. The van der Waals surface area contributed by atoms with E-state index in [1.165, 1.54) is 12.1 Å². The van der Waals surface area contributed by atoms with Gasteiger partial charge in [0.15, 0.2) is 0 Å². The van der Waals surface area contributed by atoms with Gasteiger partial charge >= 0.3 is 6.18 Å². The van der Waals surface area contributed by atoms with Gasteiger partial charge < -0.3 is 0 Å². The smallest absolute Gasteiger partial charge is 0.166 e. The first-order valence-corrected chi connectivity index (χ1v) is 4.48. The van der Waals surface area contributed by atoms with E-state index in [0.29, 0.717) is 12.0 Å². The molecule has 0 bridgehead atoms. The van der Waals surface area contributed by atoms with E-state index in [9.17, 15) is 18.1 Å². The maximum Gasteiger partial charge on any atom is 0.416 e. The summed E-state index contributed by atoms with van der Waals surface area (Å²) in [6.45, 7) is 1.70. The molecule has 1 aromatic carbocycles. The Morgan fingerprint density at radius 3 is 2.53 bits per heavy atom. The van der Waals surface area contributed by atoms with Crippen LogP contribution in [-0.4, -0.2) is 0 Å². The Balaban J connectivity index is 3.07. The quantitative estimate of drug-likeness (QED) is 0.705. The number of rotatable bonds is 3. The molecule has 1 aromatic rings. The predicted octanol–water partition coefficient (Wildman–Crippen LogP) is 3.92. The standard InChI is InChI=1S/C10H10F3NO/c1-2-9(14-15)7-4-3-5-8(6-7)10(11,12)13/h3-6,9H,2H2,1H3. The lowest BCUT2D eigenvalue weighted by Crippen LogP contribution is -2.06. The molecule has 0 amide bonds. The van der Waals surface area contributed by atoms with E-state index in [-0.39, 0.29) is 0 Å². The van der Waals surface area contributed by atoms with Crippen LogP contribution in [-0.2, 0) is 6.18 Å². The molecule has 0 saturated heterocycles. The van der Waals surface area contributed by atoms with Gasteiger partial charge in [-0.05, 0) is 24.1 Å². The minimum atomic E-state index is -4.38. The Morgan fingerprint density at radius 2 is 2.07 bits per heavy atom. The first-order valence-electron chi connectivity index (χ1n) is 4.48. The third-order valence-electron chi connectivity index (χ3n) is 2.11. The van der Waals surface area contributed by atoms with Gasteiger partial charge in [0.2, 0.25) is 0 Å². The first-order chi connectivity index (χ1) is 6.99. The van der Waals surface area contributed by atoms with Crippen molar-refractivity contribution in [2.75, 3.05) is 0 Å². The molecular formula is C10H10F3NO. The molecule has 0 fully saturated rings. The van der Waals surface area contributed by atoms with Crippen molar-refractivity contribution in [3.05, 3.63) is 40.3 Å². The van der Waals surface area contributed by atoms with Crippen LogP contribution in [0.2, 0.25) is 0 Å². The maximum atomic E-state index is 12.3. The summed E-state index contributed by atoms with van der Waals surface area (Å²) in [5.41, 5.74) is -0.440. The summed E-state index contributed by atoms with van der Waals surface area (Å²) in [4.78, 5) is 10.4. The largest absolute Gasteiger partial charge is 0.416 e. The van der Waals surface area contributed by atoms with Gasteiger partial charge in [-0.25, -0.2) is 0 Å². The van der Waals surface area contributed by atoms with Gasteiger partial charge in [0.1, 0.15) is 6.04 Å². The summed E-state index contributed by atoms with van der Waals surface area (Å²) in [5, 5.41) is 2.78. The molecule has 2 nitrogen and oxygen atoms in total. The number of alkyl halides is 3. The molecule has 0 heterocycles. The Morgan fingerprint density at radius 1 is 1.40 bits per heavy atom. The van der Waals surface area contributed by atoms with Crippen molar-refractivity contribution in [3.63, 3.8) is 0 Å². The number of benzene rings is 1. The Bertz CT molecular complexity index is 349. The fraction of sp³-hybridized carbons (Fsp3) is 0.400. The van der Waals surface area contributed by atoms with Crippen molar-refractivity contribution in [1.82, 2.24) is 0 Å². The van der Waals surface area contributed by atoms with Crippen LogP contribution in [0.1, 0.15) is 30.5 Å².